The Hall–Kier alpha value is -2.73. The number of nitrogens with zero attached hydrogens (tertiary/aromatic N) is 3. The monoisotopic (exact) mass is 655 g/mol. The number of benzene rings is 1. The SMILES string of the molecule is CCOc1nc2c(cc1S(=O)(=O)N1CCC3(CC1)CC(NC[C@H](O)COc1cccc(S(=O)(=O)NC)c1)CO3)N(C)CCO2. The Kier molecular flexibility index (Phi) is 9.89. The normalized spacial score (nSPS) is 21.1. The third kappa shape index (κ3) is 7.06. The van der Waals surface area contributed by atoms with Crippen molar-refractivity contribution in [3.05, 3.63) is 30.3 Å². The molecule has 0 aliphatic carbocycles. The molecule has 2 saturated heterocycles. The van der Waals surface area contributed by atoms with Gasteiger partial charge in [0.05, 0.1) is 30.3 Å². The smallest absolute Gasteiger partial charge is 0.248 e. The van der Waals surface area contributed by atoms with Gasteiger partial charge in [-0.25, -0.2) is 21.6 Å². The third-order valence-electron chi connectivity index (χ3n) is 8.19. The van der Waals surface area contributed by atoms with Crippen molar-refractivity contribution in [2.24, 2.45) is 0 Å². The summed E-state index contributed by atoms with van der Waals surface area (Å²) in [6.45, 7) is 4.40. The van der Waals surface area contributed by atoms with Crippen molar-refractivity contribution < 1.29 is 40.9 Å². The zero-order valence-corrected chi connectivity index (χ0v) is 26.8. The van der Waals surface area contributed by atoms with Crippen LogP contribution in [-0.2, 0) is 24.8 Å². The summed E-state index contributed by atoms with van der Waals surface area (Å²) in [5.41, 5.74) is 0.164. The van der Waals surface area contributed by atoms with Crippen molar-refractivity contribution in [1.29, 1.82) is 0 Å². The lowest BCUT2D eigenvalue weighted by atomic mass is 9.88. The Morgan fingerprint density at radius 3 is 2.66 bits per heavy atom. The van der Waals surface area contributed by atoms with E-state index in [1.807, 2.05) is 11.9 Å². The molecule has 16 heteroatoms. The van der Waals surface area contributed by atoms with Gasteiger partial charge in [0.2, 0.25) is 31.8 Å². The summed E-state index contributed by atoms with van der Waals surface area (Å²) in [6, 6.07) is 7.65. The fourth-order valence-electron chi connectivity index (χ4n) is 5.66. The van der Waals surface area contributed by atoms with Crippen LogP contribution in [0.2, 0.25) is 0 Å². The van der Waals surface area contributed by atoms with Gasteiger partial charge in [0.15, 0.2) is 0 Å². The minimum absolute atomic E-state index is 0.0122. The number of nitrogens with one attached hydrogen (secondary N) is 2. The van der Waals surface area contributed by atoms with Gasteiger partial charge < -0.3 is 34.3 Å². The number of sulfonamides is 2. The van der Waals surface area contributed by atoms with Crippen LogP contribution in [0, 0.1) is 0 Å². The first-order valence-electron chi connectivity index (χ1n) is 14.7. The number of rotatable bonds is 12. The van der Waals surface area contributed by atoms with Crippen LogP contribution in [0.1, 0.15) is 26.2 Å². The molecule has 0 amide bonds. The molecule has 2 atom stereocenters. The van der Waals surface area contributed by atoms with Gasteiger partial charge in [0.1, 0.15) is 35.7 Å². The van der Waals surface area contributed by atoms with Gasteiger partial charge in [-0.1, -0.05) is 6.07 Å². The number of hydrogen-bond donors (Lipinski definition) is 3. The van der Waals surface area contributed by atoms with Gasteiger partial charge in [-0.2, -0.15) is 9.29 Å². The summed E-state index contributed by atoms with van der Waals surface area (Å²) < 4.78 is 78.4. The molecule has 1 aromatic carbocycles. The van der Waals surface area contributed by atoms with Crippen LogP contribution < -0.4 is 29.1 Å². The predicted molar refractivity (Wildman–Crippen MR) is 161 cm³/mol. The van der Waals surface area contributed by atoms with E-state index in [1.165, 1.54) is 23.5 Å². The maximum atomic E-state index is 13.8. The van der Waals surface area contributed by atoms with Crippen LogP contribution in [0.25, 0.3) is 0 Å². The maximum Gasteiger partial charge on any atom is 0.248 e. The number of aliphatic hydroxyl groups is 1. The molecule has 2 fully saturated rings. The summed E-state index contributed by atoms with van der Waals surface area (Å²) in [5.74, 6) is 0.745. The lowest BCUT2D eigenvalue weighted by Crippen LogP contribution is -2.47. The first-order chi connectivity index (χ1) is 21.0. The van der Waals surface area contributed by atoms with E-state index < -0.39 is 31.8 Å². The Labute approximate surface area is 258 Å². The van der Waals surface area contributed by atoms with E-state index in [2.05, 4.69) is 15.0 Å². The molecule has 1 aromatic heterocycles. The van der Waals surface area contributed by atoms with E-state index in [0.29, 0.717) is 69.4 Å². The number of pyridine rings is 1. The standard InChI is InChI=1S/C28H41N5O9S2/c1-4-39-27-25(15-24-26(31-27)40-13-12-32(24)3)44(37,38)33-10-8-28(9-11-33)16-20(18-42-28)30-17-21(34)19-41-22-6-5-7-23(14-22)43(35,36)29-2/h5-7,14-15,20-21,29-30,34H,4,8-13,16-19H2,1-3H3/t20?,21-/m0/s1. The minimum atomic E-state index is -3.89. The lowest BCUT2D eigenvalue weighted by molar-refractivity contribution is -0.0312. The average Bonchev–Trinajstić information content (AvgIpc) is 3.41. The second kappa shape index (κ2) is 13.3. The van der Waals surface area contributed by atoms with E-state index in [9.17, 15) is 21.9 Å². The van der Waals surface area contributed by atoms with Gasteiger partial charge in [-0.3, -0.25) is 0 Å². The summed E-state index contributed by atoms with van der Waals surface area (Å²) in [7, 11) is -4.28. The van der Waals surface area contributed by atoms with Gasteiger partial charge in [-0.15, -0.1) is 0 Å². The summed E-state index contributed by atoms with van der Waals surface area (Å²) >= 11 is 0. The molecule has 3 N–H and O–H groups in total. The molecule has 5 rings (SSSR count). The lowest BCUT2D eigenvalue weighted by Gasteiger charge is -2.38. The molecule has 14 nitrogen and oxygen atoms in total. The second-order valence-electron chi connectivity index (χ2n) is 11.2. The zero-order chi connectivity index (χ0) is 31.5. The van der Waals surface area contributed by atoms with Crippen molar-refractivity contribution in [2.45, 2.75) is 53.7 Å². The van der Waals surface area contributed by atoms with Crippen LogP contribution in [-0.4, -0.2) is 116 Å². The fourth-order valence-corrected chi connectivity index (χ4v) is 7.95. The number of ether oxygens (including phenoxy) is 4. The van der Waals surface area contributed by atoms with E-state index in [1.54, 1.807) is 25.1 Å². The molecule has 3 aliphatic rings. The highest BCUT2D eigenvalue weighted by molar-refractivity contribution is 7.89. The molecule has 4 heterocycles. The molecular weight excluding hydrogens is 614 g/mol. The van der Waals surface area contributed by atoms with Crippen LogP contribution in [0.15, 0.2) is 40.1 Å². The number of aliphatic hydroxyl groups excluding tert-OH is 1. The third-order valence-corrected chi connectivity index (χ3v) is 11.5. The summed E-state index contributed by atoms with van der Waals surface area (Å²) in [4.78, 5) is 6.43. The topological polar surface area (TPSA) is 169 Å². The molecule has 0 bridgehead atoms. The van der Waals surface area contributed by atoms with Crippen molar-refractivity contribution in [3.8, 4) is 17.5 Å². The number of anilines is 1. The molecule has 2 aromatic rings. The first kappa shape index (κ1) is 32.7. The van der Waals surface area contributed by atoms with E-state index in [4.69, 9.17) is 18.9 Å². The molecule has 1 spiro atoms. The van der Waals surface area contributed by atoms with Gasteiger partial charge in [0.25, 0.3) is 0 Å². The number of hydrogen-bond acceptors (Lipinski definition) is 12. The number of fused-ring (bicyclic) bond motifs is 1. The van der Waals surface area contributed by atoms with Gasteiger partial charge in [0, 0.05) is 38.8 Å². The van der Waals surface area contributed by atoms with Crippen molar-refractivity contribution in [1.82, 2.24) is 19.3 Å². The Bertz CT molecular complexity index is 1530. The summed E-state index contributed by atoms with van der Waals surface area (Å²) in [5, 5.41) is 13.8. The quantitative estimate of drug-likeness (QED) is 0.291. The van der Waals surface area contributed by atoms with Crippen LogP contribution in [0.5, 0.6) is 17.5 Å². The number of piperidine rings is 1. The largest absolute Gasteiger partial charge is 0.491 e. The zero-order valence-electron chi connectivity index (χ0n) is 25.2. The maximum absolute atomic E-state index is 13.8. The fraction of sp³-hybridized carbons (Fsp3) is 0.607. The molecule has 1 unspecified atom stereocenters. The molecular formula is C28H41N5O9S2. The van der Waals surface area contributed by atoms with Crippen LogP contribution in [0.3, 0.4) is 0 Å². The predicted octanol–water partition coefficient (Wildman–Crippen LogP) is 0.559. The van der Waals surface area contributed by atoms with Crippen molar-refractivity contribution in [3.63, 3.8) is 0 Å². The molecule has 0 saturated carbocycles. The van der Waals surface area contributed by atoms with Crippen LogP contribution >= 0.6 is 0 Å². The molecule has 44 heavy (non-hydrogen) atoms. The van der Waals surface area contributed by atoms with Crippen LogP contribution in [0.4, 0.5) is 5.69 Å². The first-order valence-corrected chi connectivity index (χ1v) is 17.6. The highest BCUT2D eigenvalue weighted by Crippen LogP contribution is 2.40. The van der Waals surface area contributed by atoms with E-state index >= 15 is 0 Å². The highest BCUT2D eigenvalue weighted by Gasteiger charge is 2.45. The van der Waals surface area contributed by atoms with E-state index in [-0.39, 0.29) is 41.5 Å². The number of likely N-dealkylation sites (N-methyl/N-ethyl adjacent to an activating group) is 1. The van der Waals surface area contributed by atoms with Crippen molar-refractivity contribution >= 4 is 25.7 Å². The Balaban J connectivity index is 1.13. The second-order valence-corrected chi connectivity index (χ2v) is 15.0. The Morgan fingerprint density at radius 1 is 1.16 bits per heavy atom. The summed E-state index contributed by atoms with van der Waals surface area (Å²) in [6.07, 6.45) is 0.920. The number of aromatic nitrogens is 1. The van der Waals surface area contributed by atoms with Gasteiger partial charge >= 0.3 is 0 Å². The molecule has 244 valence electrons. The average molecular weight is 656 g/mol. The molecule has 3 aliphatic heterocycles. The Morgan fingerprint density at radius 2 is 1.93 bits per heavy atom. The van der Waals surface area contributed by atoms with Crippen molar-refractivity contribution in [2.75, 3.05) is 71.6 Å². The van der Waals surface area contributed by atoms with E-state index in [0.717, 1.165) is 0 Å². The highest BCUT2D eigenvalue weighted by atomic mass is 32.2. The molecule has 0 radical (unpaired) electrons. The minimum Gasteiger partial charge on any atom is -0.491 e. The van der Waals surface area contributed by atoms with Gasteiger partial charge in [-0.05, 0) is 51.4 Å².